The molecule has 0 amide bonds. The molecule has 0 bridgehead atoms. The van der Waals surface area contributed by atoms with Crippen LogP contribution in [-0.2, 0) is 7.05 Å². The average Bonchev–Trinajstić information content (AvgIpc) is 2.17. The standard InChI is InChI=1S/C6H11N3O/c1-9-5(7)3-4(10-2)6(9)8/h3H,7-8H2,1-2H3. The second-order valence-electron chi connectivity index (χ2n) is 2.08. The predicted molar refractivity (Wildman–Crippen MR) is 40.8 cm³/mol. The zero-order valence-electron chi connectivity index (χ0n) is 6.09. The third-order valence-corrected chi connectivity index (χ3v) is 1.50. The lowest BCUT2D eigenvalue weighted by Gasteiger charge is -1.99. The molecule has 0 fully saturated rings. The van der Waals surface area contributed by atoms with Crippen molar-refractivity contribution in [3.05, 3.63) is 6.07 Å². The summed E-state index contributed by atoms with van der Waals surface area (Å²) in [4.78, 5) is 0. The summed E-state index contributed by atoms with van der Waals surface area (Å²) in [6, 6.07) is 1.69. The molecule has 0 saturated carbocycles. The zero-order valence-corrected chi connectivity index (χ0v) is 6.09. The molecule has 0 atom stereocenters. The Balaban J connectivity index is 3.17. The first-order valence-electron chi connectivity index (χ1n) is 2.91. The van der Waals surface area contributed by atoms with E-state index in [0.717, 1.165) is 0 Å². The molecule has 10 heavy (non-hydrogen) atoms. The van der Waals surface area contributed by atoms with E-state index in [2.05, 4.69) is 0 Å². The van der Waals surface area contributed by atoms with Crippen molar-refractivity contribution in [1.82, 2.24) is 4.57 Å². The number of aromatic nitrogens is 1. The minimum atomic E-state index is 0.556. The molecule has 0 saturated heterocycles. The van der Waals surface area contributed by atoms with Crippen molar-refractivity contribution in [3.63, 3.8) is 0 Å². The van der Waals surface area contributed by atoms with E-state index in [4.69, 9.17) is 16.2 Å². The Kier molecular flexibility index (Phi) is 1.45. The van der Waals surface area contributed by atoms with Gasteiger partial charge >= 0.3 is 0 Å². The maximum atomic E-state index is 5.57. The van der Waals surface area contributed by atoms with Crippen molar-refractivity contribution in [2.75, 3.05) is 18.6 Å². The van der Waals surface area contributed by atoms with Crippen molar-refractivity contribution in [1.29, 1.82) is 0 Å². The summed E-state index contributed by atoms with van der Waals surface area (Å²) >= 11 is 0. The molecule has 1 rings (SSSR count). The highest BCUT2D eigenvalue weighted by Gasteiger charge is 2.05. The Labute approximate surface area is 59.4 Å². The predicted octanol–water partition coefficient (Wildman–Crippen LogP) is 0.198. The van der Waals surface area contributed by atoms with E-state index >= 15 is 0 Å². The van der Waals surface area contributed by atoms with Crippen molar-refractivity contribution in [2.45, 2.75) is 0 Å². The van der Waals surface area contributed by atoms with E-state index < -0.39 is 0 Å². The van der Waals surface area contributed by atoms with Gasteiger partial charge in [-0.3, -0.25) is 0 Å². The van der Waals surface area contributed by atoms with E-state index in [-0.39, 0.29) is 0 Å². The maximum Gasteiger partial charge on any atom is 0.162 e. The Morgan fingerprint density at radius 2 is 2.10 bits per heavy atom. The molecule has 1 aromatic heterocycles. The van der Waals surface area contributed by atoms with Crippen LogP contribution in [0.5, 0.6) is 5.75 Å². The van der Waals surface area contributed by atoms with Gasteiger partial charge in [0.2, 0.25) is 0 Å². The fourth-order valence-corrected chi connectivity index (χ4v) is 0.773. The Hall–Kier alpha value is -1.32. The van der Waals surface area contributed by atoms with E-state index in [1.165, 1.54) is 0 Å². The summed E-state index contributed by atoms with van der Waals surface area (Å²) in [6.07, 6.45) is 0. The smallest absolute Gasteiger partial charge is 0.162 e. The molecule has 0 spiro atoms. The second-order valence-corrected chi connectivity index (χ2v) is 2.08. The number of hydrogen-bond acceptors (Lipinski definition) is 3. The molecule has 1 aromatic rings. The molecule has 4 nitrogen and oxygen atoms in total. The molecule has 0 radical (unpaired) electrons. The number of methoxy groups -OCH3 is 1. The van der Waals surface area contributed by atoms with Gasteiger partial charge in [-0.15, -0.1) is 0 Å². The third kappa shape index (κ3) is 0.775. The molecule has 4 N–H and O–H groups in total. The third-order valence-electron chi connectivity index (χ3n) is 1.50. The summed E-state index contributed by atoms with van der Waals surface area (Å²) in [7, 11) is 3.35. The number of rotatable bonds is 1. The Bertz CT molecular complexity index is 241. The Morgan fingerprint density at radius 3 is 2.30 bits per heavy atom. The average molecular weight is 141 g/mol. The summed E-state index contributed by atoms with van der Waals surface area (Å²) < 4.78 is 6.59. The molecule has 0 unspecified atom stereocenters. The zero-order chi connectivity index (χ0) is 7.72. The molecular formula is C6H11N3O. The van der Waals surface area contributed by atoms with Gasteiger partial charge in [-0.2, -0.15) is 0 Å². The monoisotopic (exact) mass is 141 g/mol. The van der Waals surface area contributed by atoms with Crippen molar-refractivity contribution in [2.24, 2.45) is 7.05 Å². The molecule has 1 heterocycles. The van der Waals surface area contributed by atoms with Crippen LogP contribution in [0.4, 0.5) is 11.6 Å². The summed E-state index contributed by atoms with van der Waals surface area (Å²) in [5.74, 6) is 1.79. The van der Waals surface area contributed by atoms with Gasteiger partial charge in [0, 0.05) is 13.1 Å². The first-order valence-corrected chi connectivity index (χ1v) is 2.91. The van der Waals surface area contributed by atoms with Gasteiger partial charge in [0.15, 0.2) is 5.75 Å². The van der Waals surface area contributed by atoms with Crippen LogP contribution < -0.4 is 16.2 Å². The summed E-state index contributed by atoms with van der Waals surface area (Å²) in [5.41, 5.74) is 11.1. The summed E-state index contributed by atoms with van der Waals surface area (Å²) in [5, 5.41) is 0. The number of nitrogens with zero attached hydrogens (tertiary/aromatic N) is 1. The lowest BCUT2D eigenvalue weighted by atomic mass is 10.5. The molecule has 56 valence electrons. The molecular weight excluding hydrogens is 130 g/mol. The minimum absolute atomic E-state index is 0.556. The molecule has 0 aliphatic rings. The summed E-state index contributed by atoms with van der Waals surface area (Å²) in [6.45, 7) is 0. The largest absolute Gasteiger partial charge is 0.493 e. The van der Waals surface area contributed by atoms with Gasteiger partial charge in [0.05, 0.1) is 7.11 Å². The number of nitrogens with two attached hydrogens (primary N) is 2. The second kappa shape index (κ2) is 2.13. The van der Waals surface area contributed by atoms with Crippen LogP contribution >= 0.6 is 0 Å². The van der Waals surface area contributed by atoms with Crippen LogP contribution in [0, 0.1) is 0 Å². The topological polar surface area (TPSA) is 66.2 Å². The van der Waals surface area contributed by atoms with Crippen LogP contribution in [-0.4, -0.2) is 11.7 Å². The van der Waals surface area contributed by atoms with Gasteiger partial charge in [-0.25, -0.2) is 0 Å². The normalized spacial score (nSPS) is 9.80. The highest BCUT2D eigenvalue weighted by Crippen LogP contribution is 2.25. The molecule has 0 aromatic carbocycles. The molecule has 4 heteroatoms. The van der Waals surface area contributed by atoms with Gasteiger partial charge in [-0.1, -0.05) is 0 Å². The van der Waals surface area contributed by atoms with E-state index in [1.807, 2.05) is 0 Å². The van der Waals surface area contributed by atoms with Crippen LogP contribution in [0.15, 0.2) is 6.07 Å². The van der Waals surface area contributed by atoms with E-state index in [9.17, 15) is 0 Å². The van der Waals surface area contributed by atoms with Gasteiger partial charge in [-0.05, 0) is 0 Å². The molecule has 0 aliphatic carbocycles. The number of ether oxygens (including phenoxy) is 1. The van der Waals surface area contributed by atoms with Gasteiger partial charge in [0.25, 0.3) is 0 Å². The lowest BCUT2D eigenvalue weighted by Crippen LogP contribution is -2.00. The fraction of sp³-hybridized carbons (Fsp3) is 0.333. The van der Waals surface area contributed by atoms with Crippen molar-refractivity contribution >= 4 is 11.6 Å². The fourth-order valence-electron chi connectivity index (χ4n) is 0.773. The first-order chi connectivity index (χ1) is 4.66. The first kappa shape index (κ1) is 6.80. The molecule has 0 aliphatic heterocycles. The quantitative estimate of drug-likeness (QED) is 0.587. The van der Waals surface area contributed by atoms with E-state index in [1.54, 1.807) is 24.8 Å². The van der Waals surface area contributed by atoms with Crippen LogP contribution in [0.2, 0.25) is 0 Å². The lowest BCUT2D eigenvalue weighted by molar-refractivity contribution is 0.417. The highest BCUT2D eigenvalue weighted by molar-refractivity contribution is 5.57. The highest BCUT2D eigenvalue weighted by atomic mass is 16.5. The number of anilines is 2. The van der Waals surface area contributed by atoms with Crippen molar-refractivity contribution < 1.29 is 4.74 Å². The van der Waals surface area contributed by atoms with Gasteiger partial charge in [0.1, 0.15) is 11.6 Å². The van der Waals surface area contributed by atoms with Crippen LogP contribution in [0.1, 0.15) is 0 Å². The Morgan fingerprint density at radius 1 is 1.50 bits per heavy atom. The maximum absolute atomic E-state index is 5.57. The van der Waals surface area contributed by atoms with Crippen LogP contribution in [0.3, 0.4) is 0 Å². The van der Waals surface area contributed by atoms with E-state index in [0.29, 0.717) is 17.4 Å². The SMILES string of the molecule is COc1cc(N)n(C)c1N. The van der Waals surface area contributed by atoms with Gasteiger partial charge < -0.3 is 20.8 Å². The van der Waals surface area contributed by atoms with Crippen molar-refractivity contribution in [3.8, 4) is 5.75 Å². The number of nitrogen functional groups attached to an aromatic ring is 2. The minimum Gasteiger partial charge on any atom is -0.493 e. The van der Waals surface area contributed by atoms with Crippen LogP contribution in [0.25, 0.3) is 0 Å². The number of hydrogen-bond donors (Lipinski definition) is 2.